The van der Waals surface area contributed by atoms with Crippen molar-refractivity contribution in [2.24, 2.45) is 0 Å². The van der Waals surface area contributed by atoms with Gasteiger partial charge in [-0.05, 0) is 29.3 Å². The molecular formula is C13H12BrNO2. The lowest BCUT2D eigenvalue weighted by Gasteiger charge is -2.06. The molecule has 0 atom stereocenters. The number of hydrogen-bond acceptors (Lipinski definition) is 3. The summed E-state index contributed by atoms with van der Waals surface area (Å²) in [5.74, 6) is 0.525. The van der Waals surface area contributed by atoms with Crippen LogP contribution in [0.3, 0.4) is 0 Å². The number of aromatic nitrogens is 1. The first kappa shape index (κ1) is 12.1. The highest BCUT2D eigenvalue weighted by Crippen LogP contribution is 2.15. The van der Waals surface area contributed by atoms with Crippen molar-refractivity contribution in [1.82, 2.24) is 4.98 Å². The number of benzene rings is 1. The molecule has 0 unspecified atom stereocenters. The van der Waals surface area contributed by atoms with E-state index in [9.17, 15) is 0 Å². The first-order valence-electron chi connectivity index (χ1n) is 5.21. The van der Waals surface area contributed by atoms with Crippen LogP contribution in [0.5, 0.6) is 5.88 Å². The average molecular weight is 294 g/mol. The van der Waals surface area contributed by atoms with Crippen LogP contribution < -0.4 is 4.74 Å². The minimum absolute atomic E-state index is 0.00420. The molecule has 0 spiro atoms. The van der Waals surface area contributed by atoms with E-state index in [0.717, 1.165) is 15.6 Å². The fourth-order valence-corrected chi connectivity index (χ4v) is 1.86. The highest BCUT2D eigenvalue weighted by molar-refractivity contribution is 9.10. The largest absolute Gasteiger partial charge is 0.473 e. The molecule has 1 heterocycles. The van der Waals surface area contributed by atoms with Crippen molar-refractivity contribution in [1.29, 1.82) is 0 Å². The molecule has 0 radical (unpaired) electrons. The molecule has 0 aliphatic carbocycles. The van der Waals surface area contributed by atoms with E-state index in [1.807, 2.05) is 24.3 Å². The summed E-state index contributed by atoms with van der Waals surface area (Å²) in [6.45, 7) is 0.455. The summed E-state index contributed by atoms with van der Waals surface area (Å²) in [7, 11) is 0. The normalized spacial score (nSPS) is 10.2. The summed E-state index contributed by atoms with van der Waals surface area (Å²) in [6.07, 6.45) is 1.63. The Balaban J connectivity index is 2.02. The van der Waals surface area contributed by atoms with Gasteiger partial charge in [0.15, 0.2) is 0 Å². The lowest BCUT2D eigenvalue weighted by molar-refractivity contribution is 0.274. The second-order valence-corrected chi connectivity index (χ2v) is 4.49. The minimum atomic E-state index is -0.00420. The maximum absolute atomic E-state index is 8.99. The zero-order valence-electron chi connectivity index (χ0n) is 9.14. The molecule has 3 nitrogen and oxygen atoms in total. The smallest absolute Gasteiger partial charge is 0.213 e. The first-order chi connectivity index (χ1) is 8.28. The standard InChI is InChI=1S/C13H12BrNO2/c14-12-3-1-2-11(6-12)9-17-13-7-10(8-16)4-5-15-13/h1-7,16H,8-9H2. The SMILES string of the molecule is OCc1ccnc(OCc2cccc(Br)c2)c1. The molecule has 88 valence electrons. The van der Waals surface area contributed by atoms with Gasteiger partial charge in [0.1, 0.15) is 6.61 Å². The van der Waals surface area contributed by atoms with Crippen molar-refractivity contribution in [2.45, 2.75) is 13.2 Å². The van der Waals surface area contributed by atoms with E-state index in [-0.39, 0.29) is 6.61 Å². The number of ether oxygens (including phenoxy) is 1. The van der Waals surface area contributed by atoms with Crippen LogP contribution in [0.4, 0.5) is 0 Å². The molecule has 17 heavy (non-hydrogen) atoms. The molecule has 0 aliphatic rings. The second kappa shape index (κ2) is 5.80. The summed E-state index contributed by atoms with van der Waals surface area (Å²) >= 11 is 3.41. The molecule has 0 fully saturated rings. The van der Waals surface area contributed by atoms with Crippen molar-refractivity contribution in [3.63, 3.8) is 0 Å². The number of pyridine rings is 1. The Morgan fingerprint density at radius 2 is 2.06 bits per heavy atom. The zero-order valence-corrected chi connectivity index (χ0v) is 10.7. The Kier molecular flexibility index (Phi) is 4.12. The van der Waals surface area contributed by atoms with Gasteiger partial charge in [-0.25, -0.2) is 4.98 Å². The summed E-state index contributed by atoms with van der Waals surface area (Å²) in [4.78, 5) is 4.08. The summed E-state index contributed by atoms with van der Waals surface area (Å²) in [6, 6.07) is 11.4. The fraction of sp³-hybridized carbons (Fsp3) is 0.154. The van der Waals surface area contributed by atoms with E-state index in [1.54, 1.807) is 18.3 Å². The van der Waals surface area contributed by atoms with E-state index in [0.29, 0.717) is 12.5 Å². The van der Waals surface area contributed by atoms with Crippen LogP contribution in [0.2, 0.25) is 0 Å². The van der Waals surface area contributed by atoms with Crippen LogP contribution in [-0.4, -0.2) is 10.1 Å². The van der Waals surface area contributed by atoms with Gasteiger partial charge in [-0.1, -0.05) is 28.1 Å². The molecule has 0 aliphatic heterocycles. The summed E-state index contributed by atoms with van der Waals surface area (Å²) < 4.78 is 6.57. The second-order valence-electron chi connectivity index (χ2n) is 3.58. The number of rotatable bonds is 4. The van der Waals surface area contributed by atoms with Crippen LogP contribution in [0, 0.1) is 0 Å². The van der Waals surface area contributed by atoms with Crippen LogP contribution in [0.15, 0.2) is 47.1 Å². The van der Waals surface area contributed by atoms with Crippen LogP contribution in [-0.2, 0) is 13.2 Å². The molecular weight excluding hydrogens is 282 g/mol. The van der Waals surface area contributed by atoms with Gasteiger partial charge in [-0.2, -0.15) is 0 Å². The molecule has 2 rings (SSSR count). The van der Waals surface area contributed by atoms with Gasteiger partial charge >= 0.3 is 0 Å². The number of hydrogen-bond donors (Lipinski definition) is 1. The lowest BCUT2D eigenvalue weighted by Crippen LogP contribution is -1.98. The number of aliphatic hydroxyl groups excluding tert-OH is 1. The van der Waals surface area contributed by atoms with Crippen molar-refractivity contribution in [2.75, 3.05) is 0 Å². The monoisotopic (exact) mass is 293 g/mol. The van der Waals surface area contributed by atoms with E-state index in [4.69, 9.17) is 9.84 Å². The maximum Gasteiger partial charge on any atom is 0.213 e. The third-order valence-electron chi connectivity index (χ3n) is 2.26. The first-order valence-corrected chi connectivity index (χ1v) is 6.00. The van der Waals surface area contributed by atoms with Gasteiger partial charge < -0.3 is 9.84 Å². The highest BCUT2D eigenvalue weighted by Gasteiger charge is 1.99. The van der Waals surface area contributed by atoms with Gasteiger partial charge in [0.2, 0.25) is 5.88 Å². The quantitative estimate of drug-likeness (QED) is 0.942. The summed E-state index contributed by atoms with van der Waals surface area (Å²) in [5, 5.41) is 8.99. The highest BCUT2D eigenvalue weighted by atomic mass is 79.9. The van der Waals surface area contributed by atoms with Crippen molar-refractivity contribution >= 4 is 15.9 Å². The van der Waals surface area contributed by atoms with Crippen LogP contribution >= 0.6 is 15.9 Å². The Morgan fingerprint density at radius 1 is 1.18 bits per heavy atom. The maximum atomic E-state index is 8.99. The third kappa shape index (κ3) is 3.54. The number of aliphatic hydroxyl groups is 1. The predicted molar refractivity (Wildman–Crippen MR) is 68.6 cm³/mol. The summed E-state index contributed by atoms with van der Waals surface area (Å²) in [5.41, 5.74) is 1.86. The average Bonchev–Trinajstić information content (AvgIpc) is 2.37. The predicted octanol–water partition coefficient (Wildman–Crippen LogP) is 2.92. The molecule has 0 bridgehead atoms. The zero-order chi connectivity index (χ0) is 12.1. The molecule has 1 N–H and O–H groups in total. The molecule has 1 aromatic heterocycles. The van der Waals surface area contributed by atoms with E-state index in [2.05, 4.69) is 20.9 Å². The number of nitrogens with zero attached hydrogens (tertiary/aromatic N) is 1. The third-order valence-corrected chi connectivity index (χ3v) is 2.75. The van der Waals surface area contributed by atoms with Crippen molar-refractivity contribution < 1.29 is 9.84 Å². The Hall–Kier alpha value is -1.39. The molecule has 0 amide bonds. The van der Waals surface area contributed by atoms with Crippen molar-refractivity contribution in [3.8, 4) is 5.88 Å². The van der Waals surface area contributed by atoms with Gasteiger partial charge in [0.25, 0.3) is 0 Å². The Morgan fingerprint density at radius 3 is 2.82 bits per heavy atom. The molecule has 2 aromatic rings. The molecule has 0 saturated carbocycles. The molecule has 4 heteroatoms. The van der Waals surface area contributed by atoms with Gasteiger partial charge in [0, 0.05) is 16.7 Å². The van der Waals surface area contributed by atoms with Crippen molar-refractivity contribution in [3.05, 3.63) is 58.2 Å². The minimum Gasteiger partial charge on any atom is -0.473 e. The van der Waals surface area contributed by atoms with E-state index in [1.165, 1.54) is 0 Å². The Labute approximate surface area is 108 Å². The molecule has 0 saturated heterocycles. The van der Waals surface area contributed by atoms with E-state index >= 15 is 0 Å². The molecule has 1 aromatic carbocycles. The lowest BCUT2D eigenvalue weighted by atomic mass is 10.2. The van der Waals surface area contributed by atoms with Gasteiger partial charge in [-0.3, -0.25) is 0 Å². The van der Waals surface area contributed by atoms with E-state index < -0.39 is 0 Å². The van der Waals surface area contributed by atoms with Gasteiger partial charge in [-0.15, -0.1) is 0 Å². The van der Waals surface area contributed by atoms with Gasteiger partial charge in [0.05, 0.1) is 6.61 Å². The topological polar surface area (TPSA) is 42.4 Å². The van der Waals surface area contributed by atoms with Crippen LogP contribution in [0.25, 0.3) is 0 Å². The number of halogens is 1. The Bertz CT molecular complexity index is 502. The van der Waals surface area contributed by atoms with Crippen LogP contribution in [0.1, 0.15) is 11.1 Å². The fourth-order valence-electron chi connectivity index (χ4n) is 1.41.